The molecule has 2 aromatic carbocycles. The lowest BCUT2D eigenvalue weighted by molar-refractivity contribution is 0.565. The van der Waals surface area contributed by atoms with Gasteiger partial charge in [0.25, 0.3) is 0 Å². The molecule has 0 aliphatic carbocycles. The molecule has 0 aliphatic heterocycles. The number of benzene rings is 2. The van der Waals surface area contributed by atoms with Crippen LogP contribution in [-0.4, -0.2) is 6.54 Å². The van der Waals surface area contributed by atoms with E-state index in [-0.39, 0.29) is 5.25 Å². The van der Waals surface area contributed by atoms with Crippen LogP contribution in [0.3, 0.4) is 0 Å². The molecule has 2 N–H and O–H groups in total. The summed E-state index contributed by atoms with van der Waals surface area (Å²) in [7, 11) is 0. The number of hydrogen-bond acceptors (Lipinski definition) is 2. The van der Waals surface area contributed by atoms with E-state index in [2.05, 4.69) is 15.9 Å². The van der Waals surface area contributed by atoms with Gasteiger partial charge in [0.1, 0.15) is 11.6 Å². The topological polar surface area (TPSA) is 26.0 Å². The average Bonchev–Trinajstić information content (AvgIpc) is 2.38. The molecule has 1 unspecified atom stereocenters. The zero-order valence-electron chi connectivity index (χ0n) is 9.95. The average molecular weight is 344 g/mol. The van der Waals surface area contributed by atoms with Crippen molar-refractivity contribution in [2.75, 3.05) is 6.54 Å². The second-order valence-electron chi connectivity index (χ2n) is 3.97. The van der Waals surface area contributed by atoms with Gasteiger partial charge in [0, 0.05) is 27.2 Å². The van der Waals surface area contributed by atoms with E-state index in [0.717, 1.165) is 16.1 Å². The Kier molecular flexibility index (Phi) is 4.96. The lowest BCUT2D eigenvalue weighted by Crippen LogP contribution is -2.09. The highest BCUT2D eigenvalue weighted by atomic mass is 79.9. The van der Waals surface area contributed by atoms with E-state index in [1.165, 1.54) is 23.9 Å². The Morgan fingerprint density at radius 2 is 1.95 bits per heavy atom. The quantitative estimate of drug-likeness (QED) is 0.826. The lowest BCUT2D eigenvalue weighted by Gasteiger charge is -2.15. The largest absolute Gasteiger partial charge is 0.329 e. The number of halogens is 3. The van der Waals surface area contributed by atoms with Gasteiger partial charge in [-0.15, -0.1) is 11.8 Å². The Hall–Kier alpha value is -0.910. The van der Waals surface area contributed by atoms with Crippen molar-refractivity contribution < 1.29 is 8.78 Å². The highest BCUT2D eigenvalue weighted by Gasteiger charge is 2.14. The van der Waals surface area contributed by atoms with Gasteiger partial charge in [0.2, 0.25) is 0 Å². The zero-order chi connectivity index (χ0) is 13.8. The van der Waals surface area contributed by atoms with E-state index in [0.29, 0.717) is 11.4 Å². The summed E-state index contributed by atoms with van der Waals surface area (Å²) in [4.78, 5) is 0.400. The molecule has 0 aliphatic rings. The van der Waals surface area contributed by atoms with Crippen LogP contribution in [-0.2, 0) is 0 Å². The van der Waals surface area contributed by atoms with Gasteiger partial charge in [0.15, 0.2) is 0 Å². The first-order chi connectivity index (χ1) is 9.10. The monoisotopic (exact) mass is 343 g/mol. The van der Waals surface area contributed by atoms with Gasteiger partial charge in [-0.3, -0.25) is 0 Å². The summed E-state index contributed by atoms with van der Waals surface area (Å²) in [6, 6.07) is 11.3. The summed E-state index contributed by atoms with van der Waals surface area (Å²) >= 11 is 4.69. The first kappa shape index (κ1) is 14.5. The van der Waals surface area contributed by atoms with E-state index in [4.69, 9.17) is 5.73 Å². The fourth-order valence-corrected chi connectivity index (χ4v) is 3.10. The normalized spacial score (nSPS) is 12.4. The van der Waals surface area contributed by atoms with Gasteiger partial charge < -0.3 is 5.73 Å². The Labute approximate surface area is 123 Å². The minimum atomic E-state index is -0.575. The van der Waals surface area contributed by atoms with Gasteiger partial charge >= 0.3 is 0 Å². The van der Waals surface area contributed by atoms with Crippen molar-refractivity contribution in [2.24, 2.45) is 5.73 Å². The van der Waals surface area contributed by atoms with Crippen LogP contribution >= 0.6 is 27.7 Å². The van der Waals surface area contributed by atoms with Crippen molar-refractivity contribution >= 4 is 27.7 Å². The Morgan fingerprint density at radius 3 is 2.58 bits per heavy atom. The van der Waals surface area contributed by atoms with E-state index in [1.807, 2.05) is 24.3 Å². The molecule has 19 heavy (non-hydrogen) atoms. The molecule has 0 aromatic heterocycles. The summed E-state index contributed by atoms with van der Waals surface area (Å²) in [5.74, 6) is -1.13. The molecule has 0 spiro atoms. The van der Waals surface area contributed by atoms with Gasteiger partial charge in [-0.1, -0.05) is 28.1 Å². The van der Waals surface area contributed by atoms with E-state index < -0.39 is 11.6 Å². The zero-order valence-corrected chi connectivity index (χ0v) is 12.3. The first-order valence-electron chi connectivity index (χ1n) is 5.67. The molecule has 100 valence electrons. The Bertz CT molecular complexity index is 577. The van der Waals surface area contributed by atoms with Crippen molar-refractivity contribution in [3.05, 3.63) is 64.1 Å². The SMILES string of the molecule is NCC(Sc1ccc(F)cc1F)c1cccc(Br)c1. The van der Waals surface area contributed by atoms with Crippen LogP contribution in [0.5, 0.6) is 0 Å². The van der Waals surface area contributed by atoms with Crippen molar-refractivity contribution in [2.45, 2.75) is 10.1 Å². The molecule has 2 rings (SSSR count). The fourth-order valence-electron chi connectivity index (χ4n) is 1.68. The maximum atomic E-state index is 13.6. The third-order valence-electron chi connectivity index (χ3n) is 2.60. The van der Waals surface area contributed by atoms with Gasteiger partial charge in [-0.25, -0.2) is 8.78 Å². The number of nitrogens with two attached hydrogens (primary N) is 1. The molecule has 0 saturated heterocycles. The maximum absolute atomic E-state index is 13.6. The highest BCUT2D eigenvalue weighted by Crippen LogP contribution is 2.36. The number of hydrogen-bond donors (Lipinski definition) is 1. The molecule has 5 heteroatoms. The molecule has 2 aromatic rings. The van der Waals surface area contributed by atoms with Crippen molar-refractivity contribution in [1.29, 1.82) is 0 Å². The van der Waals surface area contributed by atoms with E-state index in [9.17, 15) is 8.78 Å². The van der Waals surface area contributed by atoms with Gasteiger partial charge in [-0.05, 0) is 29.8 Å². The summed E-state index contributed by atoms with van der Waals surface area (Å²) in [5.41, 5.74) is 6.76. The summed E-state index contributed by atoms with van der Waals surface area (Å²) in [6.45, 7) is 0.373. The van der Waals surface area contributed by atoms with Crippen LogP contribution < -0.4 is 5.73 Å². The standard InChI is InChI=1S/C14H12BrF2NS/c15-10-3-1-2-9(6-10)14(8-18)19-13-5-4-11(16)7-12(13)17/h1-7,14H,8,18H2. The minimum absolute atomic E-state index is 0.0718. The summed E-state index contributed by atoms with van der Waals surface area (Å²) in [5, 5.41) is -0.0718. The van der Waals surface area contributed by atoms with E-state index in [1.54, 1.807) is 0 Å². The van der Waals surface area contributed by atoms with Crippen LogP contribution in [0.25, 0.3) is 0 Å². The maximum Gasteiger partial charge on any atom is 0.139 e. The minimum Gasteiger partial charge on any atom is -0.329 e. The molecule has 0 heterocycles. The highest BCUT2D eigenvalue weighted by molar-refractivity contribution is 9.10. The van der Waals surface area contributed by atoms with Crippen molar-refractivity contribution in [1.82, 2.24) is 0 Å². The molecule has 1 atom stereocenters. The lowest BCUT2D eigenvalue weighted by atomic mass is 10.1. The predicted molar refractivity (Wildman–Crippen MR) is 78.2 cm³/mol. The van der Waals surface area contributed by atoms with Crippen LogP contribution in [0.4, 0.5) is 8.78 Å². The molecular weight excluding hydrogens is 332 g/mol. The van der Waals surface area contributed by atoms with Crippen LogP contribution in [0.15, 0.2) is 51.8 Å². The van der Waals surface area contributed by atoms with E-state index >= 15 is 0 Å². The van der Waals surface area contributed by atoms with Crippen molar-refractivity contribution in [3.8, 4) is 0 Å². The molecule has 0 radical (unpaired) electrons. The second kappa shape index (κ2) is 6.50. The van der Waals surface area contributed by atoms with Crippen LogP contribution in [0.1, 0.15) is 10.8 Å². The third kappa shape index (κ3) is 3.78. The molecule has 0 saturated carbocycles. The first-order valence-corrected chi connectivity index (χ1v) is 7.34. The van der Waals surface area contributed by atoms with Crippen LogP contribution in [0, 0.1) is 11.6 Å². The smallest absolute Gasteiger partial charge is 0.139 e. The van der Waals surface area contributed by atoms with Crippen LogP contribution in [0.2, 0.25) is 0 Å². The van der Waals surface area contributed by atoms with Crippen molar-refractivity contribution in [3.63, 3.8) is 0 Å². The summed E-state index contributed by atoms with van der Waals surface area (Å²) < 4.78 is 27.4. The molecule has 1 nitrogen and oxygen atoms in total. The fraction of sp³-hybridized carbons (Fsp3) is 0.143. The second-order valence-corrected chi connectivity index (χ2v) is 6.13. The Morgan fingerprint density at radius 1 is 1.16 bits per heavy atom. The molecule has 0 amide bonds. The third-order valence-corrected chi connectivity index (χ3v) is 4.43. The number of thioether (sulfide) groups is 1. The molecule has 0 fully saturated rings. The van der Waals surface area contributed by atoms with Gasteiger partial charge in [0.05, 0.1) is 0 Å². The Balaban J connectivity index is 2.24. The molecular formula is C14H12BrF2NS. The number of rotatable bonds is 4. The van der Waals surface area contributed by atoms with Gasteiger partial charge in [-0.2, -0.15) is 0 Å². The molecule has 0 bridgehead atoms. The predicted octanol–water partition coefficient (Wildman–Crippen LogP) is 4.52. The summed E-state index contributed by atoms with van der Waals surface area (Å²) in [6.07, 6.45) is 0.